The summed E-state index contributed by atoms with van der Waals surface area (Å²) in [7, 11) is 0. The summed E-state index contributed by atoms with van der Waals surface area (Å²) in [5.74, 6) is -0.289. The van der Waals surface area contributed by atoms with Gasteiger partial charge in [-0.2, -0.15) is 0 Å². The Balaban J connectivity index is 1.76. The molecule has 2 aliphatic rings. The Morgan fingerprint density at radius 1 is 0.474 bits per heavy atom. The fraction of sp³-hybridized carbons (Fsp3) is 0.641. The fourth-order valence-corrected chi connectivity index (χ4v) is 8.59. The fourth-order valence-electron chi connectivity index (χ4n) is 8.59. The zero-order valence-corrected chi connectivity index (χ0v) is 47.3. The van der Waals surface area contributed by atoms with Gasteiger partial charge in [-0.05, 0) is 103 Å². The molecule has 0 spiro atoms. The highest BCUT2D eigenvalue weighted by Gasteiger charge is 2.51. The van der Waals surface area contributed by atoms with Gasteiger partial charge in [0, 0.05) is 6.42 Å². The van der Waals surface area contributed by atoms with Crippen molar-refractivity contribution in [2.45, 2.75) is 242 Å². The first-order chi connectivity index (χ1) is 38.1. The lowest BCUT2D eigenvalue weighted by Crippen LogP contribution is -2.65. The number of nitrogens with one attached hydrogen (secondary N) is 1. The van der Waals surface area contributed by atoms with Gasteiger partial charge in [0.05, 0.1) is 32.0 Å². The van der Waals surface area contributed by atoms with Gasteiger partial charge in [-0.1, -0.05) is 192 Å². The van der Waals surface area contributed by atoms with Gasteiger partial charge < -0.3 is 65.1 Å². The molecule has 2 aliphatic heterocycles. The van der Waals surface area contributed by atoms with Crippen LogP contribution in [0, 0.1) is 0 Å². The van der Waals surface area contributed by atoms with Crippen molar-refractivity contribution < 1.29 is 64.6 Å². The molecule has 12 atom stereocenters. The predicted octanol–water partition coefficient (Wildman–Crippen LogP) is 9.99. The first-order valence-corrected chi connectivity index (χ1v) is 29.4. The molecule has 78 heavy (non-hydrogen) atoms. The maximum absolute atomic E-state index is 13.2. The highest BCUT2D eigenvalue weighted by atomic mass is 16.7. The largest absolute Gasteiger partial charge is 0.394 e. The zero-order valence-electron chi connectivity index (χ0n) is 47.3. The van der Waals surface area contributed by atoms with Crippen molar-refractivity contribution in [1.29, 1.82) is 0 Å². The SMILES string of the molecule is CC/C=C\C/C=C\C/C=C\C/C=C\C/C=C\C/C=C\C/C=C\C/C=C\C/C=C\CCCCCC(=O)NC(COC1OC(CO)C(OC2OC(CO)C(O)C(O)C2O)C(O)C1O)C(O)/C=C/CC/C=C/CCCCCCCCC. The first kappa shape index (κ1) is 70.2. The summed E-state index contributed by atoms with van der Waals surface area (Å²) in [4.78, 5) is 13.2. The van der Waals surface area contributed by atoms with Crippen LogP contribution >= 0.6 is 0 Å². The number of ether oxygens (including phenoxy) is 4. The van der Waals surface area contributed by atoms with E-state index in [1.807, 2.05) is 6.08 Å². The Morgan fingerprint density at radius 2 is 0.897 bits per heavy atom. The van der Waals surface area contributed by atoms with E-state index in [1.54, 1.807) is 6.08 Å². The third-order valence-electron chi connectivity index (χ3n) is 13.3. The van der Waals surface area contributed by atoms with E-state index in [9.17, 15) is 45.6 Å². The number of carbonyl (C=O) groups excluding carboxylic acids is 1. The molecular weight excluding hydrogens is 991 g/mol. The number of allylic oxidation sites excluding steroid dienone is 21. The molecule has 0 saturated carbocycles. The molecule has 0 aromatic heterocycles. The molecule has 2 fully saturated rings. The highest BCUT2D eigenvalue weighted by Crippen LogP contribution is 2.30. The Labute approximate surface area is 469 Å². The van der Waals surface area contributed by atoms with E-state index < -0.39 is 86.8 Å². The second-order valence-corrected chi connectivity index (χ2v) is 20.0. The van der Waals surface area contributed by atoms with Crippen molar-refractivity contribution >= 4 is 5.91 Å². The van der Waals surface area contributed by atoms with Crippen LogP contribution in [-0.4, -0.2) is 140 Å². The smallest absolute Gasteiger partial charge is 0.220 e. The van der Waals surface area contributed by atoms with Crippen LogP contribution in [0.5, 0.6) is 0 Å². The van der Waals surface area contributed by atoms with Crippen LogP contribution in [-0.2, 0) is 23.7 Å². The van der Waals surface area contributed by atoms with Crippen LogP contribution < -0.4 is 5.32 Å². The van der Waals surface area contributed by atoms with Gasteiger partial charge in [0.2, 0.25) is 5.91 Å². The molecule has 0 bridgehead atoms. The van der Waals surface area contributed by atoms with E-state index in [-0.39, 0.29) is 18.9 Å². The maximum atomic E-state index is 13.2. The van der Waals surface area contributed by atoms with Crippen LogP contribution in [0.1, 0.15) is 168 Å². The lowest BCUT2D eigenvalue weighted by Gasteiger charge is -2.46. The molecule has 2 rings (SSSR count). The van der Waals surface area contributed by atoms with Gasteiger partial charge in [0.25, 0.3) is 0 Å². The Kier molecular flexibility index (Phi) is 43.1. The molecule has 12 unspecified atom stereocenters. The Morgan fingerprint density at radius 3 is 1.41 bits per heavy atom. The summed E-state index contributed by atoms with van der Waals surface area (Å²) in [6, 6.07) is -0.959. The van der Waals surface area contributed by atoms with Crippen LogP contribution in [0.4, 0.5) is 0 Å². The number of aliphatic hydroxyl groups is 8. The summed E-state index contributed by atoms with van der Waals surface area (Å²) < 4.78 is 22.7. The average Bonchev–Trinajstić information content (AvgIpc) is 3.47. The van der Waals surface area contributed by atoms with Gasteiger partial charge in [0.15, 0.2) is 12.6 Å². The van der Waals surface area contributed by atoms with Crippen molar-refractivity contribution in [2.24, 2.45) is 0 Å². The lowest BCUT2D eigenvalue weighted by atomic mass is 9.97. The molecule has 2 saturated heterocycles. The van der Waals surface area contributed by atoms with Gasteiger partial charge in [-0.25, -0.2) is 0 Å². The summed E-state index contributed by atoms with van der Waals surface area (Å²) in [6.45, 7) is 2.59. The molecule has 0 aromatic carbocycles. The summed E-state index contributed by atoms with van der Waals surface area (Å²) in [5, 5.41) is 86.9. The van der Waals surface area contributed by atoms with Crippen molar-refractivity contribution in [1.82, 2.24) is 5.32 Å². The third-order valence-corrected chi connectivity index (χ3v) is 13.3. The van der Waals surface area contributed by atoms with Crippen molar-refractivity contribution in [3.8, 4) is 0 Å². The molecule has 2 heterocycles. The second kappa shape index (κ2) is 47.9. The summed E-state index contributed by atoms with van der Waals surface area (Å²) in [5.41, 5.74) is 0. The molecule has 9 N–H and O–H groups in total. The molecule has 0 aliphatic carbocycles. The van der Waals surface area contributed by atoms with Crippen molar-refractivity contribution in [3.05, 3.63) is 134 Å². The zero-order chi connectivity index (χ0) is 56.7. The number of hydrogen-bond acceptors (Lipinski definition) is 13. The van der Waals surface area contributed by atoms with E-state index in [4.69, 9.17) is 18.9 Å². The van der Waals surface area contributed by atoms with Crippen LogP contribution in [0.25, 0.3) is 0 Å². The molecule has 1 amide bonds. The van der Waals surface area contributed by atoms with Crippen LogP contribution in [0.15, 0.2) is 134 Å². The quantitative estimate of drug-likeness (QED) is 0.0205. The summed E-state index contributed by atoms with van der Waals surface area (Å²) >= 11 is 0. The minimum Gasteiger partial charge on any atom is -0.394 e. The molecule has 0 aromatic rings. The monoisotopic (exact) mass is 1090 g/mol. The number of hydrogen-bond donors (Lipinski definition) is 9. The average molecular weight is 1090 g/mol. The van der Waals surface area contributed by atoms with Crippen LogP contribution in [0.2, 0.25) is 0 Å². The molecule has 0 radical (unpaired) electrons. The lowest BCUT2D eigenvalue weighted by molar-refractivity contribution is -0.359. The standard InChI is InChI=1S/C64H103NO13/c1-3-5-7-9-11-13-15-17-18-19-20-21-22-23-24-25-26-27-28-29-30-31-32-33-34-36-38-40-42-44-46-48-56(69)65-52(53(68)47-45-43-41-39-37-35-16-14-12-10-8-6-4-2)51-75-63-61(74)59(72)62(55(50-67)77-63)78-64-60(73)58(71)57(70)54(49-66)76-64/h5,7,11,13,17-18,20-21,23-24,26-27,29-30,32-33,36-39,45,47,52-55,57-64,66-68,70-74H,3-4,6,8-10,12,14-16,19,22,25,28,31,34-35,40-44,46,48-51H2,1-2H3,(H,65,69)/b7-5-,13-11-,18-17-,21-20-,24-23-,27-26-,30-29-,33-32-,38-36-,39-37+,47-45+. The van der Waals surface area contributed by atoms with Gasteiger partial charge in [0.1, 0.15) is 48.8 Å². The Hall–Kier alpha value is -3.87. The number of aliphatic hydroxyl groups excluding tert-OH is 8. The van der Waals surface area contributed by atoms with E-state index in [1.165, 1.54) is 44.9 Å². The van der Waals surface area contributed by atoms with Gasteiger partial charge in [-0.3, -0.25) is 4.79 Å². The number of unbranched alkanes of at least 4 members (excludes halogenated alkanes) is 11. The van der Waals surface area contributed by atoms with Gasteiger partial charge >= 0.3 is 0 Å². The minimum atomic E-state index is -1.80. The minimum absolute atomic E-state index is 0.224. The Bertz CT molecular complexity index is 1820. The maximum Gasteiger partial charge on any atom is 0.220 e. The molecule has 14 nitrogen and oxygen atoms in total. The topological polar surface area (TPSA) is 228 Å². The number of carbonyl (C=O) groups is 1. The second-order valence-electron chi connectivity index (χ2n) is 20.0. The normalized spacial score (nSPS) is 25.6. The van der Waals surface area contributed by atoms with Gasteiger partial charge in [-0.15, -0.1) is 0 Å². The van der Waals surface area contributed by atoms with Crippen molar-refractivity contribution in [3.63, 3.8) is 0 Å². The molecular formula is C64H103NO13. The van der Waals surface area contributed by atoms with Crippen molar-refractivity contribution in [2.75, 3.05) is 19.8 Å². The van der Waals surface area contributed by atoms with E-state index >= 15 is 0 Å². The third kappa shape index (κ3) is 33.0. The molecule has 14 heteroatoms. The van der Waals surface area contributed by atoms with Crippen LogP contribution in [0.3, 0.4) is 0 Å². The van der Waals surface area contributed by atoms with E-state index in [0.29, 0.717) is 12.8 Å². The van der Waals surface area contributed by atoms with E-state index in [2.05, 4.69) is 141 Å². The highest BCUT2D eigenvalue weighted by molar-refractivity contribution is 5.76. The molecule has 442 valence electrons. The first-order valence-electron chi connectivity index (χ1n) is 29.4. The number of rotatable bonds is 44. The summed E-state index contributed by atoms with van der Waals surface area (Å²) in [6.07, 6.45) is 53.5. The predicted molar refractivity (Wildman–Crippen MR) is 313 cm³/mol. The number of amides is 1. The van der Waals surface area contributed by atoms with E-state index in [0.717, 1.165) is 89.9 Å².